The number of hydrogen-bond donors (Lipinski definition) is 1. The average Bonchev–Trinajstić information content (AvgIpc) is 2.84. The molecule has 1 saturated heterocycles. The summed E-state index contributed by atoms with van der Waals surface area (Å²) in [6.07, 6.45) is 0. The van der Waals surface area contributed by atoms with Crippen molar-refractivity contribution in [3.05, 3.63) is 49.8 Å². The largest absolute Gasteiger partial charge is 0.378 e. The van der Waals surface area contributed by atoms with Gasteiger partial charge in [-0.15, -0.1) is 11.3 Å². The first-order chi connectivity index (χ1) is 10.1. The first kappa shape index (κ1) is 14.4. The Labute approximate surface area is 127 Å². The third kappa shape index (κ3) is 3.23. The Morgan fingerprint density at radius 3 is 3.10 bits per heavy atom. The van der Waals surface area contributed by atoms with E-state index in [2.05, 4.69) is 33.2 Å². The summed E-state index contributed by atoms with van der Waals surface area (Å²) in [5.41, 5.74) is 2.01. The molecule has 6 heteroatoms. The van der Waals surface area contributed by atoms with Gasteiger partial charge in [0.15, 0.2) is 0 Å². The van der Waals surface area contributed by atoms with Crippen molar-refractivity contribution in [3.8, 4) is 0 Å². The van der Waals surface area contributed by atoms with Crippen molar-refractivity contribution in [2.75, 3.05) is 19.8 Å². The van der Waals surface area contributed by atoms with E-state index in [1.54, 1.807) is 17.4 Å². The van der Waals surface area contributed by atoms with Crippen molar-refractivity contribution in [1.82, 2.24) is 14.9 Å². The van der Waals surface area contributed by atoms with Gasteiger partial charge in [0.25, 0.3) is 5.56 Å². The molecule has 2 aromatic rings. The molecule has 2 aromatic heterocycles. The van der Waals surface area contributed by atoms with Crippen LogP contribution in [-0.2, 0) is 11.3 Å². The summed E-state index contributed by atoms with van der Waals surface area (Å²) in [7, 11) is 0. The second-order valence-electron chi connectivity index (χ2n) is 5.34. The summed E-state index contributed by atoms with van der Waals surface area (Å²) < 4.78 is 5.61. The highest BCUT2D eigenvalue weighted by molar-refractivity contribution is 7.10. The molecule has 0 unspecified atom stereocenters. The van der Waals surface area contributed by atoms with E-state index in [9.17, 15) is 4.79 Å². The zero-order chi connectivity index (χ0) is 14.8. The number of aromatic nitrogens is 2. The quantitative estimate of drug-likeness (QED) is 0.942. The topological polar surface area (TPSA) is 58.2 Å². The van der Waals surface area contributed by atoms with Crippen LogP contribution >= 0.6 is 11.3 Å². The lowest BCUT2D eigenvalue weighted by molar-refractivity contribution is -0.0140. The van der Waals surface area contributed by atoms with Crippen molar-refractivity contribution in [1.29, 1.82) is 0 Å². The fourth-order valence-corrected chi connectivity index (χ4v) is 3.55. The molecule has 1 fully saturated rings. The van der Waals surface area contributed by atoms with Crippen molar-refractivity contribution >= 4 is 11.3 Å². The fraction of sp³-hybridized carbons (Fsp3) is 0.467. The molecule has 0 radical (unpaired) electrons. The predicted octanol–water partition coefficient (Wildman–Crippen LogP) is 2.02. The number of aromatic amines is 1. The maximum atomic E-state index is 11.7. The van der Waals surface area contributed by atoms with Crippen LogP contribution in [0, 0.1) is 13.8 Å². The number of hydrogen-bond acceptors (Lipinski definition) is 5. The Morgan fingerprint density at radius 2 is 2.38 bits per heavy atom. The Kier molecular flexibility index (Phi) is 4.19. The minimum absolute atomic E-state index is 0.0428. The Morgan fingerprint density at radius 1 is 1.52 bits per heavy atom. The highest BCUT2D eigenvalue weighted by Gasteiger charge is 2.27. The van der Waals surface area contributed by atoms with Crippen molar-refractivity contribution in [3.63, 3.8) is 0 Å². The van der Waals surface area contributed by atoms with Crippen LogP contribution in [0.3, 0.4) is 0 Å². The van der Waals surface area contributed by atoms with Gasteiger partial charge in [-0.3, -0.25) is 9.69 Å². The fourth-order valence-electron chi connectivity index (χ4n) is 2.62. The number of nitrogens with zero attached hydrogens (tertiary/aromatic N) is 2. The normalized spacial score (nSPS) is 19.8. The number of thiophene rings is 1. The minimum atomic E-state index is -0.102. The molecule has 1 N–H and O–H groups in total. The van der Waals surface area contributed by atoms with Gasteiger partial charge in [0.05, 0.1) is 24.9 Å². The van der Waals surface area contributed by atoms with Gasteiger partial charge >= 0.3 is 0 Å². The van der Waals surface area contributed by atoms with E-state index in [-0.39, 0.29) is 11.6 Å². The summed E-state index contributed by atoms with van der Waals surface area (Å²) in [5, 5.41) is 2.12. The summed E-state index contributed by atoms with van der Waals surface area (Å²) in [6, 6.07) is 3.77. The first-order valence-corrected chi connectivity index (χ1v) is 7.94. The molecule has 0 spiro atoms. The molecule has 1 atom stereocenters. The van der Waals surface area contributed by atoms with Gasteiger partial charge in [-0.05, 0) is 30.9 Å². The maximum Gasteiger partial charge on any atom is 0.251 e. The van der Waals surface area contributed by atoms with E-state index in [0.29, 0.717) is 12.4 Å². The number of ether oxygens (including phenoxy) is 1. The summed E-state index contributed by atoms with van der Waals surface area (Å²) in [6.45, 7) is 6.99. The first-order valence-electron chi connectivity index (χ1n) is 7.06. The van der Waals surface area contributed by atoms with Crippen LogP contribution in [0.15, 0.2) is 22.3 Å². The summed E-state index contributed by atoms with van der Waals surface area (Å²) in [4.78, 5) is 22.6. The van der Waals surface area contributed by atoms with Gasteiger partial charge in [0, 0.05) is 24.0 Å². The third-order valence-corrected chi connectivity index (χ3v) is 4.78. The average molecular weight is 305 g/mol. The molecule has 5 nitrogen and oxygen atoms in total. The maximum absolute atomic E-state index is 11.7. The van der Waals surface area contributed by atoms with Gasteiger partial charge < -0.3 is 9.72 Å². The molecule has 1 aliphatic heterocycles. The summed E-state index contributed by atoms with van der Waals surface area (Å²) in [5.74, 6) is 0.648. The van der Waals surface area contributed by atoms with Gasteiger partial charge in [-0.25, -0.2) is 4.98 Å². The van der Waals surface area contributed by atoms with Gasteiger partial charge in [-0.1, -0.05) is 0 Å². The monoisotopic (exact) mass is 305 g/mol. The van der Waals surface area contributed by atoms with Crippen molar-refractivity contribution < 1.29 is 4.74 Å². The predicted molar refractivity (Wildman–Crippen MR) is 82.6 cm³/mol. The van der Waals surface area contributed by atoms with Crippen LogP contribution in [0.2, 0.25) is 0 Å². The Bertz CT molecular complexity index is 680. The molecule has 112 valence electrons. The van der Waals surface area contributed by atoms with E-state index in [4.69, 9.17) is 4.74 Å². The van der Waals surface area contributed by atoms with Crippen LogP contribution in [-0.4, -0.2) is 34.6 Å². The smallest absolute Gasteiger partial charge is 0.251 e. The SMILES string of the molecule is Cc1nc([C@@H]2COCCN2Cc2sccc2C)cc(=O)[nH]1. The van der Waals surface area contributed by atoms with Gasteiger partial charge in [-0.2, -0.15) is 0 Å². The summed E-state index contributed by atoms with van der Waals surface area (Å²) >= 11 is 1.78. The highest BCUT2D eigenvalue weighted by atomic mass is 32.1. The molecule has 21 heavy (non-hydrogen) atoms. The number of rotatable bonds is 3. The van der Waals surface area contributed by atoms with Gasteiger partial charge in [0.1, 0.15) is 5.82 Å². The second-order valence-corrected chi connectivity index (χ2v) is 6.34. The Balaban J connectivity index is 1.87. The van der Waals surface area contributed by atoms with Gasteiger partial charge in [0.2, 0.25) is 0 Å². The molecular formula is C15H19N3O2S. The van der Waals surface area contributed by atoms with Crippen LogP contribution in [0.1, 0.15) is 28.0 Å². The molecule has 0 amide bonds. The zero-order valence-electron chi connectivity index (χ0n) is 12.3. The number of aryl methyl sites for hydroxylation is 2. The van der Waals surface area contributed by atoms with Crippen LogP contribution in [0.25, 0.3) is 0 Å². The standard InChI is InChI=1S/C15H19N3O2S/c1-10-3-6-21-14(10)8-18-4-5-20-9-13(18)12-7-15(19)17-11(2)16-12/h3,6-7,13H,4-5,8-9H2,1-2H3,(H,16,17,19)/t13-/m0/s1. The molecule has 0 aromatic carbocycles. The molecule has 0 bridgehead atoms. The van der Waals surface area contributed by atoms with Crippen molar-refractivity contribution in [2.45, 2.75) is 26.4 Å². The zero-order valence-corrected chi connectivity index (χ0v) is 13.1. The third-order valence-electron chi connectivity index (χ3n) is 3.78. The second kappa shape index (κ2) is 6.09. The minimum Gasteiger partial charge on any atom is -0.378 e. The molecule has 1 aliphatic rings. The van der Waals surface area contributed by atoms with E-state index in [0.717, 1.165) is 25.4 Å². The molecule has 0 saturated carbocycles. The van der Waals surface area contributed by atoms with Crippen LogP contribution in [0.4, 0.5) is 0 Å². The number of H-pyrrole nitrogens is 1. The molecule has 3 rings (SSSR count). The van der Waals surface area contributed by atoms with E-state index < -0.39 is 0 Å². The van der Waals surface area contributed by atoms with E-state index in [1.165, 1.54) is 10.4 Å². The Hall–Kier alpha value is -1.50. The molecular weight excluding hydrogens is 286 g/mol. The number of nitrogens with one attached hydrogen (secondary N) is 1. The number of morpholine rings is 1. The van der Waals surface area contributed by atoms with Crippen LogP contribution < -0.4 is 5.56 Å². The van der Waals surface area contributed by atoms with E-state index >= 15 is 0 Å². The van der Waals surface area contributed by atoms with Crippen molar-refractivity contribution in [2.24, 2.45) is 0 Å². The van der Waals surface area contributed by atoms with Crippen LogP contribution in [0.5, 0.6) is 0 Å². The van der Waals surface area contributed by atoms with E-state index in [1.807, 2.05) is 6.92 Å². The molecule has 3 heterocycles. The highest BCUT2D eigenvalue weighted by Crippen LogP contribution is 2.26. The lowest BCUT2D eigenvalue weighted by Gasteiger charge is -2.35. The lowest BCUT2D eigenvalue weighted by atomic mass is 10.1. The molecule has 0 aliphatic carbocycles. The lowest BCUT2D eigenvalue weighted by Crippen LogP contribution is -2.40.